The summed E-state index contributed by atoms with van der Waals surface area (Å²) in [6.07, 6.45) is 8.57. The molecule has 9 heteroatoms. The summed E-state index contributed by atoms with van der Waals surface area (Å²) >= 11 is 0. The van der Waals surface area contributed by atoms with Crippen LogP contribution in [0, 0.1) is 5.82 Å². The van der Waals surface area contributed by atoms with Gasteiger partial charge in [0.25, 0.3) is 0 Å². The van der Waals surface area contributed by atoms with Gasteiger partial charge in [0.1, 0.15) is 17.3 Å². The van der Waals surface area contributed by atoms with E-state index in [0.717, 1.165) is 22.2 Å². The highest BCUT2D eigenvalue weighted by molar-refractivity contribution is 5.97. The molecule has 0 spiro atoms. The number of H-pyrrole nitrogens is 2. The largest absolute Gasteiger partial charge is 0.497 e. The predicted molar refractivity (Wildman–Crippen MR) is 122 cm³/mol. The van der Waals surface area contributed by atoms with Crippen molar-refractivity contribution >= 4 is 21.9 Å². The molecule has 33 heavy (non-hydrogen) atoms. The molecule has 5 aromatic heterocycles. The fraction of sp³-hybridized carbons (Fsp3) is 0.0417. The number of hydrogen-bond donors (Lipinski definition) is 2. The molecule has 0 aliphatic carbocycles. The molecule has 0 bridgehead atoms. The van der Waals surface area contributed by atoms with Crippen LogP contribution in [0.5, 0.6) is 5.75 Å². The van der Waals surface area contributed by atoms with Crippen LogP contribution in [0.1, 0.15) is 0 Å². The average Bonchev–Trinajstić information content (AvgIpc) is 3.47. The van der Waals surface area contributed by atoms with Gasteiger partial charge >= 0.3 is 0 Å². The first-order valence-electron chi connectivity index (χ1n) is 10.1. The van der Waals surface area contributed by atoms with Crippen LogP contribution in [0.3, 0.4) is 0 Å². The molecule has 5 heterocycles. The summed E-state index contributed by atoms with van der Waals surface area (Å²) in [5, 5.41) is 8.34. The summed E-state index contributed by atoms with van der Waals surface area (Å²) in [6.45, 7) is 0. The van der Waals surface area contributed by atoms with Gasteiger partial charge in [-0.1, -0.05) is 0 Å². The van der Waals surface area contributed by atoms with Gasteiger partial charge in [-0.3, -0.25) is 20.1 Å². The number of nitrogens with one attached hydrogen (secondary N) is 2. The Kier molecular flexibility index (Phi) is 4.32. The van der Waals surface area contributed by atoms with Gasteiger partial charge in [0.05, 0.1) is 41.7 Å². The summed E-state index contributed by atoms with van der Waals surface area (Å²) in [4.78, 5) is 21.1. The quantitative estimate of drug-likeness (QED) is 0.411. The van der Waals surface area contributed by atoms with E-state index in [0.29, 0.717) is 39.4 Å². The number of fused-ring (bicyclic) bond motifs is 2. The third-order valence-electron chi connectivity index (χ3n) is 5.44. The van der Waals surface area contributed by atoms with Crippen molar-refractivity contribution in [2.24, 2.45) is 0 Å². The van der Waals surface area contributed by atoms with Crippen molar-refractivity contribution in [2.45, 2.75) is 0 Å². The summed E-state index contributed by atoms with van der Waals surface area (Å²) in [5.74, 6) is 0.592. The Morgan fingerprint density at radius 3 is 2.73 bits per heavy atom. The van der Waals surface area contributed by atoms with Crippen molar-refractivity contribution in [1.29, 1.82) is 0 Å². The number of hydrogen-bond acceptors (Lipinski definition) is 6. The van der Waals surface area contributed by atoms with Gasteiger partial charge in [0.2, 0.25) is 0 Å². The minimum absolute atomic E-state index is 0.397. The minimum atomic E-state index is -0.397. The molecular formula is C24H16FN7O. The lowest BCUT2D eigenvalue weighted by Crippen LogP contribution is -1.89. The third kappa shape index (κ3) is 3.26. The lowest BCUT2D eigenvalue weighted by atomic mass is 10.1. The van der Waals surface area contributed by atoms with Crippen LogP contribution < -0.4 is 4.74 Å². The molecule has 0 aliphatic rings. The summed E-state index contributed by atoms with van der Waals surface area (Å²) in [6, 6.07) is 10.3. The Balaban J connectivity index is 1.50. The summed E-state index contributed by atoms with van der Waals surface area (Å²) in [7, 11) is 1.50. The number of methoxy groups -OCH3 is 1. The molecule has 0 aliphatic heterocycles. The number of halogens is 1. The van der Waals surface area contributed by atoms with Gasteiger partial charge in [0, 0.05) is 41.2 Å². The van der Waals surface area contributed by atoms with Crippen LogP contribution in [0.15, 0.2) is 67.4 Å². The first-order valence-corrected chi connectivity index (χ1v) is 10.1. The Morgan fingerprint density at radius 2 is 1.88 bits per heavy atom. The van der Waals surface area contributed by atoms with Crippen LogP contribution in [0.2, 0.25) is 0 Å². The van der Waals surface area contributed by atoms with Crippen molar-refractivity contribution in [2.75, 3.05) is 7.11 Å². The zero-order valence-corrected chi connectivity index (χ0v) is 17.4. The van der Waals surface area contributed by atoms with Crippen molar-refractivity contribution in [1.82, 2.24) is 35.1 Å². The highest BCUT2D eigenvalue weighted by atomic mass is 19.1. The van der Waals surface area contributed by atoms with E-state index in [4.69, 9.17) is 9.72 Å². The maximum atomic E-state index is 14.1. The molecule has 0 saturated heterocycles. The Hall–Kier alpha value is -4.66. The molecule has 0 unspecified atom stereocenters. The van der Waals surface area contributed by atoms with Gasteiger partial charge in [-0.15, -0.1) is 0 Å². The smallest absolute Gasteiger partial charge is 0.159 e. The van der Waals surface area contributed by atoms with E-state index in [1.807, 2.05) is 18.2 Å². The maximum Gasteiger partial charge on any atom is 0.159 e. The SMILES string of the molecule is COc1cc(F)cc(-c2cncc3[nH]c(-c4n[nH]c5cnc(-c6cccnc6)cc45)nc23)c1. The monoisotopic (exact) mass is 437 g/mol. The second-order valence-corrected chi connectivity index (χ2v) is 7.48. The molecule has 0 amide bonds. The van der Waals surface area contributed by atoms with Crippen molar-refractivity contribution in [3.8, 4) is 39.7 Å². The minimum Gasteiger partial charge on any atom is -0.497 e. The Morgan fingerprint density at radius 1 is 0.939 bits per heavy atom. The van der Waals surface area contributed by atoms with E-state index < -0.39 is 5.82 Å². The number of aromatic amines is 2. The van der Waals surface area contributed by atoms with E-state index in [9.17, 15) is 4.39 Å². The number of nitrogens with zero attached hydrogens (tertiary/aromatic N) is 5. The van der Waals surface area contributed by atoms with E-state index in [2.05, 4.69) is 30.1 Å². The Labute approximate surface area is 186 Å². The third-order valence-corrected chi connectivity index (χ3v) is 5.44. The highest BCUT2D eigenvalue weighted by Gasteiger charge is 2.17. The molecule has 0 radical (unpaired) electrons. The van der Waals surface area contributed by atoms with Crippen LogP contribution >= 0.6 is 0 Å². The topological polar surface area (TPSA) is 105 Å². The average molecular weight is 437 g/mol. The van der Waals surface area contributed by atoms with Crippen molar-refractivity contribution < 1.29 is 9.13 Å². The lowest BCUT2D eigenvalue weighted by molar-refractivity contribution is 0.411. The normalized spacial score (nSPS) is 11.3. The molecule has 2 N–H and O–H groups in total. The van der Waals surface area contributed by atoms with Crippen LogP contribution in [-0.4, -0.2) is 42.2 Å². The lowest BCUT2D eigenvalue weighted by Gasteiger charge is -2.06. The van der Waals surface area contributed by atoms with E-state index in [-0.39, 0.29) is 0 Å². The standard InChI is InChI=1S/C24H16FN7O/c1-33-16-6-14(5-15(25)7-16)18-10-27-11-21-22(18)30-24(29-21)23-17-8-19(13-3-2-4-26-9-13)28-12-20(17)31-32-23/h2-12H,1H3,(H,29,30)(H,31,32). The second kappa shape index (κ2) is 7.49. The van der Waals surface area contributed by atoms with Crippen LogP contribution in [0.4, 0.5) is 4.39 Å². The Bertz CT molecular complexity index is 1620. The molecule has 0 atom stereocenters. The van der Waals surface area contributed by atoms with Gasteiger partial charge < -0.3 is 9.72 Å². The van der Waals surface area contributed by atoms with E-state index >= 15 is 0 Å². The molecule has 0 saturated carbocycles. The molecule has 1 aromatic carbocycles. The fourth-order valence-corrected chi connectivity index (χ4v) is 3.86. The molecule has 6 aromatic rings. The predicted octanol–water partition coefficient (Wildman–Crippen LogP) is 4.77. The molecule has 8 nitrogen and oxygen atoms in total. The highest BCUT2D eigenvalue weighted by Crippen LogP contribution is 2.33. The molecular weight excluding hydrogens is 421 g/mol. The summed E-state index contributed by atoms with van der Waals surface area (Å²) < 4.78 is 19.3. The molecule has 6 rings (SSSR count). The van der Waals surface area contributed by atoms with Gasteiger partial charge in [0.15, 0.2) is 5.82 Å². The first kappa shape index (κ1) is 19.1. The molecule has 0 fully saturated rings. The number of aromatic nitrogens is 7. The first-order chi connectivity index (χ1) is 16.2. The zero-order valence-electron chi connectivity index (χ0n) is 17.4. The van der Waals surface area contributed by atoms with Gasteiger partial charge in [-0.2, -0.15) is 5.10 Å². The number of imidazole rings is 1. The maximum absolute atomic E-state index is 14.1. The van der Waals surface area contributed by atoms with Gasteiger partial charge in [-0.25, -0.2) is 9.37 Å². The number of benzene rings is 1. The second-order valence-electron chi connectivity index (χ2n) is 7.48. The van der Waals surface area contributed by atoms with Crippen molar-refractivity contribution in [3.63, 3.8) is 0 Å². The zero-order chi connectivity index (χ0) is 22.4. The van der Waals surface area contributed by atoms with E-state index in [1.165, 1.54) is 19.2 Å². The van der Waals surface area contributed by atoms with Crippen molar-refractivity contribution in [3.05, 3.63) is 73.2 Å². The molecule has 160 valence electrons. The fourth-order valence-electron chi connectivity index (χ4n) is 3.86. The number of rotatable bonds is 4. The summed E-state index contributed by atoms with van der Waals surface area (Å²) in [5.41, 5.74) is 5.80. The number of pyridine rings is 3. The number of ether oxygens (including phenoxy) is 1. The van der Waals surface area contributed by atoms with E-state index in [1.54, 1.807) is 37.1 Å². The van der Waals surface area contributed by atoms with Crippen LogP contribution in [-0.2, 0) is 0 Å². The van der Waals surface area contributed by atoms with Crippen LogP contribution in [0.25, 0.3) is 55.8 Å². The van der Waals surface area contributed by atoms with Gasteiger partial charge in [-0.05, 0) is 35.9 Å².